The average Bonchev–Trinajstić information content (AvgIpc) is 2.23. The molecule has 5 atom stereocenters. The highest BCUT2D eigenvalue weighted by atomic mass is 16.3. The summed E-state index contributed by atoms with van der Waals surface area (Å²) >= 11 is 0. The summed E-state index contributed by atoms with van der Waals surface area (Å²) < 4.78 is 0. The van der Waals surface area contributed by atoms with Gasteiger partial charge in [-0.2, -0.15) is 0 Å². The fraction of sp³-hybridized carbons (Fsp3) is 0.867. The number of hydrogen-bond acceptors (Lipinski definition) is 2. The van der Waals surface area contributed by atoms with Crippen molar-refractivity contribution < 1.29 is 10.2 Å². The Labute approximate surface area is 105 Å². The molecule has 0 bridgehead atoms. The minimum atomic E-state index is -0.323. The molecule has 0 aromatic rings. The maximum Gasteiger partial charge on any atom is 0.0642 e. The second kappa shape index (κ2) is 4.40. The molecule has 2 fully saturated rings. The van der Waals surface area contributed by atoms with Gasteiger partial charge in [-0.1, -0.05) is 32.9 Å². The van der Waals surface area contributed by atoms with Gasteiger partial charge >= 0.3 is 0 Å². The fourth-order valence-corrected chi connectivity index (χ4v) is 4.06. The molecule has 0 aromatic carbocycles. The second-order valence-electron chi connectivity index (χ2n) is 6.63. The molecule has 0 heterocycles. The van der Waals surface area contributed by atoms with E-state index in [1.165, 1.54) is 0 Å². The van der Waals surface area contributed by atoms with Crippen molar-refractivity contribution in [3.05, 3.63) is 12.2 Å². The van der Waals surface area contributed by atoms with Crippen LogP contribution in [0, 0.1) is 23.2 Å². The first-order valence-electron chi connectivity index (χ1n) is 6.91. The van der Waals surface area contributed by atoms with Crippen LogP contribution in [0.5, 0.6) is 0 Å². The highest BCUT2D eigenvalue weighted by molar-refractivity contribution is 5.17. The van der Waals surface area contributed by atoms with Crippen molar-refractivity contribution in [2.45, 2.75) is 58.7 Å². The van der Waals surface area contributed by atoms with Crippen LogP contribution in [0.3, 0.4) is 0 Å². The molecule has 0 unspecified atom stereocenters. The third-order valence-corrected chi connectivity index (χ3v) is 5.30. The van der Waals surface area contributed by atoms with Crippen molar-refractivity contribution in [3.63, 3.8) is 0 Å². The van der Waals surface area contributed by atoms with Gasteiger partial charge in [0.05, 0.1) is 12.2 Å². The molecular weight excluding hydrogens is 212 g/mol. The van der Waals surface area contributed by atoms with Gasteiger partial charge in [-0.3, -0.25) is 0 Å². The van der Waals surface area contributed by atoms with Crippen LogP contribution in [-0.4, -0.2) is 22.4 Å². The highest BCUT2D eigenvalue weighted by Gasteiger charge is 2.52. The standard InChI is InChI=1S/C15H26O2/c1-9(2)11-7-8-15(4)12(16)6-5-10(3)13(15)14(11)17/h9,11-14,16-17H,3,5-8H2,1-2,4H3/t11-,12+,13-,14+,15+/m0/s1. The third-order valence-electron chi connectivity index (χ3n) is 5.30. The van der Waals surface area contributed by atoms with E-state index >= 15 is 0 Å². The Balaban J connectivity index is 2.29. The largest absolute Gasteiger partial charge is 0.393 e. The molecule has 17 heavy (non-hydrogen) atoms. The molecule has 2 rings (SSSR count). The highest BCUT2D eigenvalue weighted by Crippen LogP contribution is 2.54. The van der Waals surface area contributed by atoms with E-state index in [4.69, 9.17) is 0 Å². The predicted octanol–water partition coefficient (Wildman–Crippen LogP) is 2.75. The molecular formula is C15H26O2. The molecule has 0 saturated heterocycles. The number of rotatable bonds is 1. The second-order valence-corrected chi connectivity index (χ2v) is 6.63. The first-order valence-corrected chi connectivity index (χ1v) is 6.91. The van der Waals surface area contributed by atoms with Gasteiger partial charge in [0.15, 0.2) is 0 Å². The normalized spacial score (nSPS) is 47.1. The molecule has 2 nitrogen and oxygen atoms in total. The summed E-state index contributed by atoms with van der Waals surface area (Å²) in [5, 5.41) is 20.9. The molecule has 0 radical (unpaired) electrons. The van der Waals surface area contributed by atoms with Crippen LogP contribution >= 0.6 is 0 Å². The summed E-state index contributed by atoms with van der Waals surface area (Å²) in [6.45, 7) is 10.6. The maximum atomic E-state index is 10.6. The molecule has 2 aliphatic carbocycles. The quantitative estimate of drug-likeness (QED) is 0.690. The fourth-order valence-electron chi connectivity index (χ4n) is 4.06. The van der Waals surface area contributed by atoms with Crippen LogP contribution in [0.4, 0.5) is 0 Å². The van der Waals surface area contributed by atoms with E-state index in [0.29, 0.717) is 11.8 Å². The Morgan fingerprint density at radius 3 is 2.53 bits per heavy atom. The number of hydrogen-bond donors (Lipinski definition) is 2. The van der Waals surface area contributed by atoms with E-state index in [1.54, 1.807) is 0 Å². The summed E-state index contributed by atoms with van der Waals surface area (Å²) in [6, 6.07) is 0. The number of fused-ring (bicyclic) bond motifs is 1. The molecule has 0 amide bonds. The van der Waals surface area contributed by atoms with E-state index in [0.717, 1.165) is 31.3 Å². The van der Waals surface area contributed by atoms with Gasteiger partial charge in [-0.25, -0.2) is 0 Å². The first-order chi connectivity index (χ1) is 7.88. The summed E-state index contributed by atoms with van der Waals surface area (Å²) in [6.07, 6.45) is 3.11. The zero-order chi connectivity index (χ0) is 12.8. The Bertz CT molecular complexity index is 310. The van der Waals surface area contributed by atoms with E-state index in [9.17, 15) is 10.2 Å². The van der Waals surface area contributed by atoms with Crippen LogP contribution < -0.4 is 0 Å². The lowest BCUT2D eigenvalue weighted by Gasteiger charge is -2.54. The minimum absolute atomic E-state index is 0.0902. The topological polar surface area (TPSA) is 40.5 Å². The van der Waals surface area contributed by atoms with E-state index in [2.05, 4.69) is 27.4 Å². The molecule has 2 aliphatic rings. The van der Waals surface area contributed by atoms with Gasteiger partial charge in [0.25, 0.3) is 0 Å². The third kappa shape index (κ3) is 1.96. The molecule has 2 heteroatoms. The molecule has 0 aliphatic heterocycles. The molecule has 0 spiro atoms. The van der Waals surface area contributed by atoms with Crippen LogP contribution in [0.25, 0.3) is 0 Å². The summed E-state index contributed by atoms with van der Waals surface area (Å²) in [7, 11) is 0. The lowest BCUT2D eigenvalue weighted by atomic mass is 9.53. The van der Waals surface area contributed by atoms with Crippen molar-refractivity contribution in [3.8, 4) is 0 Å². The van der Waals surface area contributed by atoms with Crippen LogP contribution in [0.1, 0.15) is 46.5 Å². The molecule has 0 aromatic heterocycles. The Morgan fingerprint density at radius 2 is 1.94 bits per heavy atom. The van der Waals surface area contributed by atoms with Crippen LogP contribution in [0.2, 0.25) is 0 Å². The van der Waals surface area contributed by atoms with Crippen molar-refractivity contribution in [2.75, 3.05) is 0 Å². The Kier molecular flexibility index (Phi) is 3.39. The van der Waals surface area contributed by atoms with Gasteiger partial charge in [0, 0.05) is 11.3 Å². The van der Waals surface area contributed by atoms with E-state index in [-0.39, 0.29) is 23.5 Å². The molecule has 2 saturated carbocycles. The van der Waals surface area contributed by atoms with Crippen LogP contribution in [0.15, 0.2) is 12.2 Å². The van der Waals surface area contributed by atoms with Gasteiger partial charge < -0.3 is 10.2 Å². The lowest BCUT2D eigenvalue weighted by Crippen LogP contribution is -2.54. The maximum absolute atomic E-state index is 10.6. The van der Waals surface area contributed by atoms with Crippen molar-refractivity contribution in [1.29, 1.82) is 0 Å². The average molecular weight is 238 g/mol. The first kappa shape index (κ1) is 13.1. The smallest absolute Gasteiger partial charge is 0.0642 e. The van der Waals surface area contributed by atoms with Crippen molar-refractivity contribution in [2.24, 2.45) is 23.2 Å². The van der Waals surface area contributed by atoms with Crippen molar-refractivity contribution >= 4 is 0 Å². The predicted molar refractivity (Wildman–Crippen MR) is 69.5 cm³/mol. The zero-order valence-corrected chi connectivity index (χ0v) is 11.3. The Hall–Kier alpha value is -0.340. The van der Waals surface area contributed by atoms with Gasteiger partial charge in [0.1, 0.15) is 0 Å². The summed E-state index contributed by atoms with van der Waals surface area (Å²) in [5.41, 5.74) is 0.996. The lowest BCUT2D eigenvalue weighted by molar-refractivity contribution is -0.120. The van der Waals surface area contributed by atoms with Gasteiger partial charge in [0.2, 0.25) is 0 Å². The van der Waals surface area contributed by atoms with E-state index in [1.807, 2.05) is 0 Å². The minimum Gasteiger partial charge on any atom is -0.393 e. The van der Waals surface area contributed by atoms with Gasteiger partial charge in [-0.05, 0) is 37.5 Å². The SMILES string of the molecule is C=C1CC[C@@H](O)[C@@]2(C)CC[C@@H](C(C)C)[C@@H](O)[C@H]12. The van der Waals surface area contributed by atoms with Crippen LogP contribution in [-0.2, 0) is 0 Å². The van der Waals surface area contributed by atoms with Gasteiger partial charge in [-0.15, -0.1) is 0 Å². The van der Waals surface area contributed by atoms with Crippen molar-refractivity contribution in [1.82, 2.24) is 0 Å². The molecule has 98 valence electrons. The zero-order valence-electron chi connectivity index (χ0n) is 11.3. The number of aliphatic hydroxyl groups is 2. The van der Waals surface area contributed by atoms with E-state index < -0.39 is 0 Å². The molecule has 2 N–H and O–H groups in total. The Morgan fingerprint density at radius 1 is 1.29 bits per heavy atom. The number of aliphatic hydroxyl groups excluding tert-OH is 2. The summed E-state index contributed by atoms with van der Waals surface area (Å²) in [4.78, 5) is 0. The summed E-state index contributed by atoms with van der Waals surface area (Å²) in [5.74, 6) is 0.948. The monoisotopic (exact) mass is 238 g/mol.